The van der Waals surface area contributed by atoms with Gasteiger partial charge in [-0.2, -0.15) is 13.2 Å². The molecule has 0 aromatic heterocycles. The minimum atomic E-state index is -4.34. The van der Waals surface area contributed by atoms with Crippen LogP contribution >= 0.6 is 12.4 Å². The minimum absolute atomic E-state index is 0. The van der Waals surface area contributed by atoms with Crippen molar-refractivity contribution in [2.24, 2.45) is 0 Å². The van der Waals surface area contributed by atoms with Gasteiger partial charge in [0.2, 0.25) is 5.91 Å². The second-order valence-electron chi connectivity index (χ2n) is 4.53. The number of rotatable bonds is 6. The van der Waals surface area contributed by atoms with Crippen molar-refractivity contribution in [3.8, 4) is 0 Å². The number of morpholine rings is 1. The molecule has 5 nitrogen and oxygen atoms in total. The summed E-state index contributed by atoms with van der Waals surface area (Å²) >= 11 is 0. The fourth-order valence-electron chi connectivity index (χ4n) is 1.70. The fraction of sp³-hybridized carbons (Fsp3) is 0.909. The third-order valence-corrected chi connectivity index (χ3v) is 2.47. The molecule has 9 heteroatoms. The van der Waals surface area contributed by atoms with E-state index in [4.69, 9.17) is 4.74 Å². The van der Waals surface area contributed by atoms with E-state index in [1.54, 1.807) is 6.92 Å². The highest BCUT2D eigenvalue weighted by molar-refractivity contribution is 5.85. The average Bonchev–Trinajstić information content (AvgIpc) is 2.28. The van der Waals surface area contributed by atoms with E-state index in [0.717, 1.165) is 0 Å². The molecule has 0 aromatic rings. The zero-order valence-electron chi connectivity index (χ0n) is 11.2. The molecule has 0 spiro atoms. The maximum atomic E-state index is 11.8. The molecule has 1 amide bonds. The molecule has 2 unspecified atom stereocenters. The summed E-state index contributed by atoms with van der Waals surface area (Å²) in [6, 6.07) is -0.503. The van der Waals surface area contributed by atoms with E-state index in [-0.39, 0.29) is 37.4 Å². The maximum Gasteiger partial charge on any atom is 0.411 e. The molecule has 120 valence electrons. The molecule has 1 saturated heterocycles. The predicted octanol–water partition coefficient (Wildman–Crippen LogP) is 0.870. The van der Waals surface area contributed by atoms with Crippen LogP contribution in [0.4, 0.5) is 13.2 Å². The van der Waals surface area contributed by atoms with Gasteiger partial charge in [0, 0.05) is 25.0 Å². The standard InChI is InChI=1S/C11H19F3N2O3.ClH/c1-8(5-19-7-11(12,13)14)16-10(17)4-9-6-18-3-2-15-9;/h8-9,15H,2-7H2,1H3,(H,16,17);1H. The third kappa shape index (κ3) is 9.35. The second-order valence-corrected chi connectivity index (χ2v) is 4.53. The first kappa shape index (κ1) is 19.4. The zero-order valence-corrected chi connectivity index (χ0v) is 12.0. The van der Waals surface area contributed by atoms with Crippen molar-refractivity contribution in [1.29, 1.82) is 0 Å². The Morgan fingerprint density at radius 3 is 2.80 bits per heavy atom. The van der Waals surface area contributed by atoms with Crippen LogP contribution < -0.4 is 10.6 Å². The lowest BCUT2D eigenvalue weighted by Crippen LogP contribution is -2.46. The topological polar surface area (TPSA) is 59.6 Å². The summed E-state index contributed by atoms with van der Waals surface area (Å²) in [4.78, 5) is 11.6. The lowest BCUT2D eigenvalue weighted by atomic mass is 10.2. The third-order valence-electron chi connectivity index (χ3n) is 2.47. The van der Waals surface area contributed by atoms with Crippen LogP contribution in [0.3, 0.4) is 0 Å². The molecule has 2 atom stereocenters. The fourth-order valence-corrected chi connectivity index (χ4v) is 1.70. The smallest absolute Gasteiger partial charge is 0.378 e. The first-order valence-electron chi connectivity index (χ1n) is 6.12. The van der Waals surface area contributed by atoms with Crippen molar-refractivity contribution in [2.75, 3.05) is 33.0 Å². The largest absolute Gasteiger partial charge is 0.411 e. The molecule has 2 N–H and O–H groups in total. The van der Waals surface area contributed by atoms with Crippen LogP contribution in [0.25, 0.3) is 0 Å². The van der Waals surface area contributed by atoms with Crippen molar-refractivity contribution < 1.29 is 27.4 Å². The molecular weight excluding hydrogens is 301 g/mol. The van der Waals surface area contributed by atoms with Gasteiger partial charge >= 0.3 is 6.18 Å². The molecule has 20 heavy (non-hydrogen) atoms. The van der Waals surface area contributed by atoms with Gasteiger partial charge in [0.05, 0.1) is 19.8 Å². The molecule has 1 aliphatic heterocycles. The molecule has 0 bridgehead atoms. The Hall–Kier alpha value is -0.570. The van der Waals surface area contributed by atoms with E-state index in [9.17, 15) is 18.0 Å². The lowest BCUT2D eigenvalue weighted by Gasteiger charge is -2.24. The van der Waals surface area contributed by atoms with Crippen LogP contribution in [0.15, 0.2) is 0 Å². The second kappa shape index (κ2) is 9.38. The predicted molar refractivity (Wildman–Crippen MR) is 69.0 cm³/mol. The number of hydrogen-bond donors (Lipinski definition) is 2. The highest BCUT2D eigenvalue weighted by atomic mass is 35.5. The highest BCUT2D eigenvalue weighted by Gasteiger charge is 2.27. The zero-order chi connectivity index (χ0) is 14.3. The Morgan fingerprint density at radius 2 is 2.25 bits per heavy atom. The summed E-state index contributed by atoms with van der Waals surface area (Å²) in [5, 5.41) is 5.71. The van der Waals surface area contributed by atoms with E-state index in [1.807, 2.05) is 0 Å². The van der Waals surface area contributed by atoms with Crippen molar-refractivity contribution in [2.45, 2.75) is 31.6 Å². The molecule has 0 saturated carbocycles. The number of alkyl halides is 3. The summed E-state index contributed by atoms with van der Waals surface area (Å²) in [6.45, 7) is 1.92. The van der Waals surface area contributed by atoms with E-state index in [0.29, 0.717) is 19.8 Å². The number of hydrogen-bond acceptors (Lipinski definition) is 4. The molecule has 0 aliphatic carbocycles. The molecule has 1 fully saturated rings. The van der Waals surface area contributed by atoms with Crippen molar-refractivity contribution in [1.82, 2.24) is 10.6 Å². The summed E-state index contributed by atoms with van der Waals surface area (Å²) in [6.07, 6.45) is -4.10. The summed E-state index contributed by atoms with van der Waals surface area (Å²) < 4.78 is 45.2. The molecule has 1 heterocycles. The van der Waals surface area contributed by atoms with Crippen LogP contribution in [0.2, 0.25) is 0 Å². The SMILES string of the molecule is CC(COCC(F)(F)F)NC(=O)CC1COCCN1.Cl. The van der Waals surface area contributed by atoms with Crippen LogP contribution in [0.1, 0.15) is 13.3 Å². The van der Waals surface area contributed by atoms with E-state index in [1.165, 1.54) is 0 Å². The van der Waals surface area contributed by atoms with Gasteiger partial charge in [0.25, 0.3) is 0 Å². The number of ether oxygens (including phenoxy) is 2. The Bertz CT molecular complexity index is 287. The summed E-state index contributed by atoms with van der Waals surface area (Å²) in [7, 11) is 0. The Morgan fingerprint density at radius 1 is 1.55 bits per heavy atom. The van der Waals surface area contributed by atoms with Crippen LogP contribution in [-0.4, -0.2) is 57.1 Å². The summed E-state index contributed by atoms with van der Waals surface area (Å²) in [5.41, 5.74) is 0. The Kier molecular flexibility index (Phi) is 9.11. The first-order valence-corrected chi connectivity index (χ1v) is 6.12. The molecule has 0 radical (unpaired) electrons. The van der Waals surface area contributed by atoms with Gasteiger partial charge in [0.15, 0.2) is 0 Å². The van der Waals surface area contributed by atoms with Gasteiger partial charge < -0.3 is 20.1 Å². The van der Waals surface area contributed by atoms with Gasteiger partial charge in [-0.15, -0.1) is 12.4 Å². The number of nitrogens with one attached hydrogen (secondary N) is 2. The van der Waals surface area contributed by atoms with Crippen molar-refractivity contribution in [3.05, 3.63) is 0 Å². The number of carbonyl (C=O) groups excluding carboxylic acids is 1. The van der Waals surface area contributed by atoms with Crippen molar-refractivity contribution in [3.63, 3.8) is 0 Å². The van der Waals surface area contributed by atoms with E-state index in [2.05, 4.69) is 15.4 Å². The minimum Gasteiger partial charge on any atom is -0.378 e. The van der Waals surface area contributed by atoms with Crippen LogP contribution in [0.5, 0.6) is 0 Å². The van der Waals surface area contributed by atoms with Crippen molar-refractivity contribution >= 4 is 18.3 Å². The van der Waals surface area contributed by atoms with Gasteiger partial charge in [-0.05, 0) is 6.92 Å². The van der Waals surface area contributed by atoms with Gasteiger partial charge in [0.1, 0.15) is 6.61 Å². The monoisotopic (exact) mass is 320 g/mol. The van der Waals surface area contributed by atoms with Gasteiger partial charge in [-0.1, -0.05) is 0 Å². The Labute approximate surface area is 122 Å². The lowest BCUT2D eigenvalue weighted by molar-refractivity contribution is -0.175. The number of halogens is 4. The summed E-state index contributed by atoms with van der Waals surface area (Å²) in [5.74, 6) is -0.230. The van der Waals surface area contributed by atoms with Gasteiger partial charge in [-0.25, -0.2) is 0 Å². The molecule has 0 aromatic carbocycles. The Balaban J connectivity index is 0.00000361. The normalized spacial score (nSPS) is 20.9. The maximum absolute atomic E-state index is 11.8. The first-order chi connectivity index (χ1) is 8.87. The van der Waals surface area contributed by atoms with Gasteiger partial charge in [-0.3, -0.25) is 4.79 Å². The quantitative estimate of drug-likeness (QED) is 0.762. The van der Waals surface area contributed by atoms with Crippen LogP contribution in [-0.2, 0) is 14.3 Å². The van der Waals surface area contributed by atoms with E-state index < -0.39 is 18.8 Å². The number of carbonyl (C=O) groups is 1. The van der Waals surface area contributed by atoms with E-state index >= 15 is 0 Å². The molecule has 1 aliphatic rings. The molecular formula is C11H20ClF3N2O3. The highest BCUT2D eigenvalue weighted by Crippen LogP contribution is 2.14. The average molecular weight is 321 g/mol. The molecule has 1 rings (SSSR count). The number of amides is 1. The van der Waals surface area contributed by atoms with Crippen LogP contribution in [0, 0.1) is 0 Å².